The third-order valence-electron chi connectivity index (χ3n) is 3.48. The van der Waals surface area contributed by atoms with Crippen molar-refractivity contribution in [2.24, 2.45) is 5.73 Å². The Labute approximate surface area is 125 Å². The number of nitrogens with zero attached hydrogens (tertiary/aromatic N) is 2. The molecule has 2 rings (SSSR count). The molecule has 0 aromatic rings. The first-order valence-electron chi connectivity index (χ1n) is 6.32. The van der Waals surface area contributed by atoms with Crippen molar-refractivity contribution in [2.75, 3.05) is 13.7 Å². The Balaban J connectivity index is 2.21. The van der Waals surface area contributed by atoms with Crippen LogP contribution in [0.5, 0.6) is 0 Å². The lowest BCUT2D eigenvalue weighted by molar-refractivity contribution is -0.144. The van der Waals surface area contributed by atoms with Gasteiger partial charge in [-0.3, -0.25) is 15.1 Å². The van der Waals surface area contributed by atoms with E-state index in [2.05, 4.69) is 4.52 Å². The number of aliphatic hydroxyl groups excluding tert-OH is 2. The fraction of sp³-hybridized carbons (Fsp3) is 0.700. The van der Waals surface area contributed by atoms with Crippen LogP contribution in [0.1, 0.15) is 0 Å². The van der Waals surface area contributed by atoms with Crippen molar-refractivity contribution in [3.05, 3.63) is 12.3 Å². The molecular weight excluding hydrogens is 321 g/mol. The van der Waals surface area contributed by atoms with E-state index < -0.39 is 45.3 Å². The second-order valence-electron chi connectivity index (χ2n) is 4.92. The summed E-state index contributed by atoms with van der Waals surface area (Å²) in [7, 11) is -3.45. The molecule has 0 aromatic heterocycles. The van der Waals surface area contributed by atoms with Gasteiger partial charge in [-0.05, 0) is 0 Å². The molecule has 12 heteroatoms. The van der Waals surface area contributed by atoms with E-state index in [9.17, 15) is 19.6 Å². The maximum atomic E-state index is 11.5. The highest BCUT2D eigenvalue weighted by molar-refractivity contribution is 7.46. The SMILES string of the molecule is CN1C(=O)C=CN([C@@H]2O[C@H](CO)[C@@H](OP(=O)(O)O)[C@H]2O)C1N. The van der Waals surface area contributed by atoms with Crippen LogP contribution in [0, 0.1) is 0 Å². The Bertz CT molecular complexity index is 510. The molecule has 22 heavy (non-hydrogen) atoms. The van der Waals surface area contributed by atoms with Gasteiger partial charge < -0.3 is 34.5 Å². The third kappa shape index (κ3) is 3.31. The molecule has 0 spiro atoms. The molecule has 1 saturated heterocycles. The molecule has 2 aliphatic rings. The van der Waals surface area contributed by atoms with Crippen molar-refractivity contribution in [3.63, 3.8) is 0 Å². The molecule has 1 unspecified atom stereocenters. The van der Waals surface area contributed by atoms with Crippen LogP contribution >= 0.6 is 7.82 Å². The second kappa shape index (κ2) is 6.22. The molecule has 1 amide bonds. The van der Waals surface area contributed by atoms with Crippen molar-refractivity contribution in [1.29, 1.82) is 0 Å². The molecule has 6 N–H and O–H groups in total. The number of phosphoric acid groups is 1. The van der Waals surface area contributed by atoms with Crippen LogP contribution in [0.15, 0.2) is 12.3 Å². The molecule has 2 aliphatic heterocycles. The van der Waals surface area contributed by atoms with Gasteiger partial charge in [0.05, 0.1) is 6.61 Å². The summed E-state index contributed by atoms with van der Waals surface area (Å²) in [5.41, 5.74) is 5.85. The van der Waals surface area contributed by atoms with Gasteiger partial charge in [0.25, 0.3) is 0 Å². The average molecular weight is 339 g/mol. The average Bonchev–Trinajstić information content (AvgIpc) is 2.72. The monoisotopic (exact) mass is 339 g/mol. The first-order chi connectivity index (χ1) is 10.2. The van der Waals surface area contributed by atoms with E-state index >= 15 is 0 Å². The predicted octanol–water partition coefficient (Wildman–Crippen LogP) is -2.93. The number of ether oxygens (including phenoxy) is 1. The summed E-state index contributed by atoms with van der Waals surface area (Å²) < 4.78 is 20.8. The Hall–Kier alpha value is -1.04. The lowest BCUT2D eigenvalue weighted by Gasteiger charge is -2.40. The Morgan fingerprint density at radius 2 is 2.14 bits per heavy atom. The third-order valence-corrected chi connectivity index (χ3v) is 4.00. The van der Waals surface area contributed by atoms with Gasteiger partial charge in [0, 0.05) is 19.3 Å². The van der Waals surface area contributed by atoms with Gasteiger partial charge in [-0.15, -0.1) is 0 Å². The van der Waals surface area contributed by atoms with E-state index in [0.717, 1.165) is 0 Å². The maximum absolute atomic E-state index is 11.5. The minimum Gasteiger partial charge on any atom is -0.394 e. The van der Waals surface area contributed by atoms with Crippen LogP contribution < -0.4 is 5.73 Å². The van der Waals surface area contributed by atoms with E-state index in [4.69, 9.17) is 20.3 Å². The fourth-order valence-corrected chi connectivity index (χ4v) is 2.90. The summed E-state index contributed by atoms with van der Waals surface area (Å²) in [6, 6.07) is 0. The van der Waals surface area contributed by atoms with Crippen molar-refractivity contribution in [3.8, 4) is 0 Å². The number of aliphatic hydroxyl groups is 2. The van der Waals surface area contributed by atoms with Gasteiger partial charge in [-0.1, -0.05) is 0 Å². The topological polar surface area (TPSA) is 166 Å². The Kier molecular flexibility index (Phi) is 4.90. The molecule has 2 heterocycles. The zero-order valence-electron chi connectivity index (χ0n) is 11.6. The van der Waals surface area contributed by atoms with Crippen molar-refractivity contribution < 1.29 is 38.6 Å². The molecule has 126 valence electrons. The van der Waals surface area contributed by atoms with Crippen molar-refractivity contribution in [1.82, 2.24) is 9.80 Å². The first kappa shape index (κ1) is 17.3. The van der Waals surface area contributed by atoms with E-state index in [1.54, 1.807) is 0 Å². The van der Waals surface area contributed by atoms with Gasteiger partial charge in [0.2, 0.25) is 5.91 Å². The number of phosphoric ester groups is 1. The normalized spacial score (nSPS) is 36.3. The first-order valence-corrected chi connectivity index (χ1v) is 7.85. The maximum Gasteiger partial charge on any atom is 0.470 e. The van der Waals surface area contributed by atoms with Crippen LogP contribution in [0.4, 0.5) is 0 Å². The van der Waals surface area contributed by atoms with Crippen LogP contribution in [-0.2, 0) is 18.6 Å². The van der Waals surface area contributed by atoms with Crippen molar-refractivity contribution >= 4 is 13.7 Å². The largest absolute Gasteiger partial charge is 0.470 e. The lowest BCUT2D eigenvalue weighted by Crippen LogP contribution is -2.60. The minimum atomic E-state index is -4.89. The van der Waals surface area contributed by atoms with E-state index in [0.29, 0.717) is 0 Å². The number of likely N-dealkylation sites (N-methyl/N-ethyl adjacent to an activating group) is 1. The molecule has 1 fully saturated rings. The lowest BCUT2D eigenvalue weighted by atomic mass is 10.1. The van der Waals surface area contributed by atoms with Crippen molar-refractivity contribution in [2.45, 2.75) is 30.8 Å². The van der Waals surface area contributed by atoms with Crippen LogP contribution in [0.2, 0.25) is 0 Å². The highest BCUT2D eigenvalue weighted by atomic mass is 31.2. The quantitative estimate of drug-likeness (QED) is 0.335. The number of carbonyl (C=O) groups excluding carboxylic acids is 1. The molecular formula is C10H18N3O8P. The smallest absolute Gasteiger partial charge is 0.394 e. The van der Waals surface area contributed by atoms with Gasteiger partial charge in [-0.2, -0.15) is 0 Å². The Morgan fingerprint density at radius 3 is 2.68 bits per heavy atom. The van der Waals surface area contributed by atoms with E-state index in [1.165, 1.54) is 29.1 Å². The molecule has 0 radical (unpaired) electrons. The zero-order valence-corrected chi connectivity index (χ0v) is 12.5. The summed E-state index contributed by atoms with van der Waals surface area (Å²) in [6.45, 7) is -0.625. The fourth-order valence-electron chi connectivity index (χ4n) is 2.32. The van der Waals surface area contributed by atoms with E-state index in [1.807, 2.05) is 0 Å². The second-order valence-corrected chi connectivity index (χ2v) is 6.12. The number of hydrogen-bond donors (Lipinski definition) is 5. The summed E-state index contributed by atoms with van der Waals surface area (Å²) in [4.78, 5) is 31.7. The van der Waals surface area contributed by atoms with Gasteiger partial charge in [-0.25, -0.2) is 4.57 Å². The molecule has 0 saturated carbocycles. The molecule has 0 aromatic carbocycles. The minimum absolute atomic E-state index is 0.349. The van der Waals surface area contributed by atoms with Crippen LogP contribution in [-0.4, -0.2) is 80.2 Å². The molecule has 11 nitrogen and oxygen atoms in total. The number of amides is 1. The number of hydrogen-bond acceptors (Lipinski definition) is 8. The van der Waals surface area contributed by atoms with E-state index in [-0.39, 0.29) is 5.91 Å². The van der Waals surface area contributed by atoms with Gasteiger partial charge in [0.15, 0.2) is 12.5 Å². The predicted molar refractivity (Wildman–Crippen MR) is 70.4 cm³/mol. The molecule has 0 bridgehead atoms. The highest BCUT2D eigenvalue weighted by Crippen LogP contribution is 2.42. The Morgan fingerprint density at radius 1 is 1.50 bits per heavy atom. The summed E-state index contributed by atoms with van der Waals surface area (Å²) in [5.74, 6) is -0.349. The zero-order chi connectivity index (χ0) is 16.7. The molecule has 0 aliphatic carbocycles. The summed E-state index contributed by atoms with van der Waals surface area (Å²) in [5, 5.41) is 19.4. The standard InChI is InChI=1S/C10H18N3O8P/c1-12-6(15)2-3-13(10(12)11)9-7(16)8(5(4-14)20-9)21-22(17,18)19/h2-3,5,7-10,14,16H,4,11H2,1H3,(H2,17,18,19)/t5-,7-,8-,9-,10?/m1/s1. The summed E-state index contributed by atoms with van der Waals surface area (Å²) >= 11 is 0. The number of rotatable bonds is 4. The summed E-state index contributed by atoms with van der Waals surface area (Å²) in [6.07, 6.45) is -3.70. The van der Waals surface area contributed by atoms with Gasteiger partial charge >= 0.3 is 7.82 Å². The highest BCUT2D eigenvalue weighted by Gasteiger charge is 2.50. The number of carbonyl (C=O) groups is 1. The van der Waals surface area contributed by atoms with Crippen LogP contribution in [0.3, 0.4) is 0 Å². The van der Waals surface area contributed by atoms with Gasteiger partial charge in [0.1, 0.15) is 18.3 Å². The molecule has 5 atom stereocenters. The number of nitrogens with two attached hydrogens (primary N) is 1. The van der Waals surface area contributed by atoms with Crippen LogP contribution in [0.25, 0.3) is 0 Å².